The second-order valence-corrected chi connectivity index (χ2v) is 12.9. The number of aryl methyl sites for hydroxylation is 2. The van der Waals surface area contributed by atoms with E-state index in [1.54, 1.807) is 4.90 Å². The van der Waals surface area contributed by atoms with E-state index in [1.165, 1.54) is 5.56 Å². The number of amides is 1. The highest BCUT2D eigenvalue weighted by Crippen LogP contribution is 2.31. The molecule has 5 heteroatoms. The van der Waals surface area contributed by atoms with Crippen LogP contribution < -0.4 is 4.74 Å². The van der Waals surface area contributed by atoms with E-state index in [0.29, 0.717) is 24.6 Å². The van der Waals surface area contributed by atoms with Crippen LogP contribution in [0.2, 0.25) is 0 Å². The van der Waals surface area contributed by atoms with E-state index in [0.717, 1.165) is 78.5 Å². The number of benzene rings is 3. The summed E-state index contributed by atoms with van der Waals surface area (Å²) in [6, 6.07) is 22.3. The molecule has 1 amide bonds. The molecule has 1 fully saturated rings. The van der Waals surface area contributed by atoms with Gasteiger partial charge in [0.25, 0.3) is 5.91 Å². The van der Waals surface area contributed by atoms with E-state index in [4.69, 9.17) is 9.47 Å². The highest BCUT2D eigenvalue weighted by atomic mass is 16.5. The average molecular weight is 596 g/mol. The SMILES string of the molecule is C=C(C)c1cc(C(=O)N(C)Cc2cccc(CC[C@@H](CC(C)C)C(=O)OC3CCCC3)c2)c(C)cc1OCc1ccccc1. The van der Waals surface area contributed by atoms with Gasteiger partial charge in [0.1, 0.15) is 18.5 Å². The smallest absolute Gasteiger partial charge is 0.309 e. The highest BCUT2D eigenvalue weighted by Gasteiger charge is 2.26. The molecule has 0 radical (unpaired) electrons. The Hall–Kier alpha value is -3.86. The van der Waals surface area contributed by atoms with Crippen molar-refractivity contribution < 1.29 is 19.1 Å². The van der Waals surface area contributed by atoms with Crippen LogP contribution in [0.15, 0.2) is 73.3 Å². The molecule has 234 valence electrons. The van der Waals surface area contributed by atoms with Crippen LogP contribution >= 0.6 is 0 Å². The lowest BCUT2D eigenvalue weighted by atomic mass is 9.91. The standard InChI is InChI=1S/C39H49NO4/c1-27(2)21-33(39(42)44-34-17-10-11-18-34)20-19-30-15-12-16-32(23-30)25-40(6)38(41)36-24-35(28(3)4)37(22-29(36)5)43-26-31-13-8-7-9-14-31/h7-9,12-16,22-24,27,33-34H,3,10-11,17-21,25-26H2,1-2,4-6H3/t33-/m0/s1. The Morgan fingerprint density at radius 2 is 1.61 bits per heavy atom. The number of hydrogen-bond acceptors (Lipinski definition) is 4. The molecule has 0 bridgehead atoms. The van der Waals surface area contributed by atoms with Crippen molar-refractivity contribution in [3.05, 3.63) is 107 Å². The topological polar surface area (TPSA) is 55.8 Å². The van der Waals surface area contributed by atoms with Crippen LogP contribution in [0.1, 0.15) is 97.5 Å². The monoisotopic (exact) mass is 595 g/mol. The van der Waals surface area contributed by atoms with E-state index in [1.807, 2.05) is 69.4 Å². The molecule has 0 spiro atoms. The second kappa shape index (κ2) is 15.7. The summed E-state index contributed by atoms with van der Waals surface area (Å²) in [4.78, 5) is 28.4. The third kappa shape index (κ3) is 9.32. The molecule has 1 saturated carbocycles. The Bertz CT molecular complexity index is 1420. The lowest BCUT2D eigenvalue weighted by Gasteiger charge is -2.22. The molecule has 44 heavy (non-hydrogen) atoms. The lowest BCUT2D eigenvalue weighted by molar-refractivity contribution is -0.154. The van der Waals surface area contributed by atoms with E-state index in [-0.39, 0.29) is 23.9 Å². The summed E-state index contributed by atoms with van der Waals surface area (Å²) in [6.45, 7) is 13.3. The van der Waals surface area contributed by atoms with Crippen LogP contribution in [-0.4, -0.2) is 29.9 Å². The zero-order valence-electron chi connectivity index (χ0n) is 27.2. The van der Waals surface area contributed by atoms with Gasteiger partial charge in [0, 0.05) is 24.7 Å². The first-order valence-electron chi connectivity index (χ1n) is 16.1. The maximum Gasteiger partial charge on any atom is 0.309 e. The van der Waals surface area contributed by atoms with Crippen LogP contribution in [0.25, 0.3) is 5.57 Å². The van der Waals surface area contributed by atoms with Crippen molar-refractivity contribution in [3.8, 4) is 5.75 Å². The van der Waals surface area contributed by atoms with Crippen molar-refractivity contribution in [1.82, 2.24) is 4.90 Å². The number of ether oxygens (including phenoxy) is 2. The van der Waals surface area contributed by atoms with Gasteiger partial charge in [-0.3, -0.25) is 9.59 Å². The summed E-state index contributed by atoms with van der Waals surface area (Å²) in [5.74, 6) is 0.993. The molecule has 1 aliphatic rings. The molecule has 3 aromatic rings. The molecule has 0 heterocycles. The zero-order chi connectivity index (χ0) is 31.6. The number of carbonyl (C=O) groups is 2. The first-order valence-corrected chi connectivity index (χ1v) is 16.1. The van der Waals surface area contributed by atoms with Crippen molar-refractivity contribution in [2.75, 3.05) is 7.05 Å². The Morgan fingerprint density at radius 1 is 0.932 bits per heavy atom. The minimum absolute atomic E-state index is 0.0342. The fourth-order valence-electron chi connectivity index (χ4n) is 6.04. The first-order chi connectivity index (χ1) is 21.1. The largest absolute Gasteiger partial charge is 0.488 e. The van der Waals surface area contributed by atoms with Crippen LogP contribution in [0.5, 0.6) is 5.75 Å². The van der Waals surface area contributed by atoms with E-state index < -0.39 is 0 Å². The van der Waals surface area contributed by atoms with E-state index >= 15 is 0 Å². The molecule has 3 aromatic carbocycles. The van der Waals surface area contributed by atoms with E-state index in [9.17, 15) is 9.59 Å². The normalized spacial score (nSPS) is 14.0. The summed E-state index contributed by atoms with van der Waals surface area (Å²) in [5, 5.41) is 0. The molecule has 1 aliphatic carbocycles. The van der Waals surface area contributed by atoms with Crippen molar-refractivity contribution in [2.45, 2.75) is 91.9 Å². The van der Waals surface area contributed by atoms with Gasteiger partial charge < -0.3 is 14.4 Å². The summed E-state index contributed by atoms with van der Waals surface area (Å²) >= 11 is 0. The quantitative estimate of drug-likeness (QED) is 0.175. The molecular weight excluding hydrogens is 546 g/mol. The third-order valence-electron chi connectivity index (χ3n) is 8.47. The number of rotatable bonds is 14. The molecule has 0 aliphatic heterocycles. The van der Waals surface area contributed by atoms with Crippen LogP contribution in [-0.2, 0) is 29.1 Å². The number of carbonyl (C=O) groups excluding carboxylic acids is 2. The van der Waals surface area contributed by atoms with Gasteiger partial charge in [0.2, 0.25) is 0 Å². The molecule has 0 aromatic heterocycles. The Balaban J connectivity index is 1.40. The molecule has 0 unspecified atom stereocenters. The molecule has 5 nitrogen and oxygen atoms in total. The summed E-state index contributed by atoms with van der Waals surface area (Å²) in [7, 11) is 1.84. The van der Waals surface area contributed by atoms with E-state index in [2.05, 4.69) is 38.6 Å². The first kappa shape index (κ1) is 33.0. The van der Waals surface area contributed by atoms with Gasteiger partial charge in [0.05, 0.1) is 5.92 Å². The Labute approximate surface area is 264 Å². The van der Waals surface area contributed by atoms with Gasteiger partial charge >= 0.3 is 5.97 Å². The number of hydrogen-bond donors (Lipinski definition) is 0. The van der Waals surface area contributed by atoms with Crippen LogP contribution in [0, 0.1) is 18.8 Å². The van der Waals surface area contributed by atoms with Gasteiger partial charge in [-0.05, 0) is 105 Å². The zero-order valence-corrected chi connectivity index (χ0v) is 27.2. The molecule has 0 N–H and O–H groups in total. The van der Waals surface area contributed by atoms with Gasteiger partial charge in [-0.15, -0.1) is 0 Å². The summed E-state index contributed by atoms with van der Waals surface area (Å²) < 4.78 is 12.0. The predicted octanol–water partition coefficient (Wildman–Crippen LogP) is 8.96. The highest BCUT2D eigenvalue weighted by molar-refractivity contribution is 5.97. The maximum absolute atomic E-state index is 13.7. The minimum atomic E-state index is -0.0892. The maximum atomic E-state index is 13.7. The summed E-state index contributed by atoms with van der Waals surface area (Å²) in [6.07, 6.45) is 6.80. The molecular formula is C39H49NO4. The predicted molar refractivity (Wildman–Crippen MR) is 179 cm³/mol. The van der Waals surface area contributed by atoms with Crippen molar-refractivity contribution >= 4 is 17.4 Å². The summed E-state index contributed by atoms with van der Waals surface area (Å²) in [5.41, 5.74) is 6.52. The molecule has 1 atom stereocenters. The second-order valence-electron chi connectivity index (χ2n) is 12.9. The van der Waals surface area contributed by atoms with Gasteiger partial charge in [0.15, 0.2) is 0 Å². The Morgan fingerprint density at radius 3 is 2.30 bits per heavy atom. The van der Waals surface area contributed by atoms with Crippen molar-refractivity contribution in [1.29, 1.82) is 0 Å². The lowest BCUT2D eigenvalue weighted by Crippen LogP contribution is -2.27. The fourth-order valence-corrected chi connectivity index (χ4v) is 6.04. The number of esters is 1. The molecule has 0 saturated heterocycles. The third-order valence-corrected chi connectivity index (χ3v) is 8.47. The van der Waals surface area contributed by atoms with Gasteiger partial charge in [-0.2, -0.15) is 0 Å². The Kier molecular flexibility index (Phi) is 11.8. The van der Waals surface area contributed by atoms with Crippen molar-refractivity contribution in [2.24, 2.45) is 11.8 Å². The number of allylic oxidation sites excluding steroid dienone is 1. The fraction of sp³-hybridized carbons (Fsp3) is 0.436. The molecule has 4 rings (SSSR count). The number of nitrogens with zero attached hydrogens (tertiary/aromatic N) is 1. The van der Waals surface area contributed by atoms with Gasteiger partial charge in [-0.1, -0.05) is 75.0 Å². The average Bonchev–Trinajstić information content (AvgIpc) is 3.51. The van der Waals surface area contributed by atoms with Crippen LogP contribution in [0.4, 0.5) is 0 Å². The minimum Gasteiger partial charge on any atom is -0.488 e. The van der Waals surface area contributed by atoms with Crippen LogP contribution in [0.3, 0.4) is 0 Å². The van der Waals surface area contributed by atoms with Gasteiger partial charge in [-0.25, -0.2) is 0 Å². The van der Waals surface area contributed by atoms with Crippen molar-refractivity contribution in [3.63, 3.8) is 0 Å².